The van der Waals surface area contributed by atoms with Crippen molar-refractivity contribution in [2.75, 3.05) is 6.54 Å². The van der Waals surface area contributed by atoms with Gasteiger partial charge in [0.25, 0.3) is 0 Å². The van der Waals surface area contributed by atoms with Crippen molar-refractivity contribution in [3.05, 3.63) is 33.8 Å². The van der Waals surface area contributed by atoms with Crippen LogP contribution >= 0.6 is 23.2 Å². The lowest BCUT2D eigenvalue weighted by molar-refractivity contribution is 0.000705. The zero-order valence-corrected chi connectivity index (χ0v) is 11.8. The molecule has 1 unspecified atom stereocenters. The normalized spacial score (nSPS) is 20.7. The van der Waals surface area contributed by atoms with Crippen molar-refractivity contribution in [2.24, 2.45) is 11.1 Å². The Kier molecular flexibility index (Phi) is 4.54. The third kappa shape index (κ3) is 2.67. The van der Waals surface area contributed by atoms with E-state index in [1.807, 2.05) is 6.07 Å². The van der Waals surface area contributed by atoms with Crippen molar-refractivity contribution < 1.29 is 5.11 Å². The Morgan fingerprint density at radius 3 is 2.39 bits per heavy atom. The van der Waals surface area contributed by atoms with Crippen molar-refractivity contribution in [3.8, 4) is 0 Å². The number of halogens is 2. The number of hydrogen-bond acceptors (Lipinski definition) is 2. The van der Waals surface area contributed by atoms with Gasteiger partial charge in [0.1, 0.15) is 0 Å². The highest BCUT2D eigenvalue weighted by molar-refractivity contribution is 6.42. The fourth-order valence-electron chi connectivity index (χ4n) is 2.88. The number of aliphatic hydroxyl groups excluding tert-OH is 1. The highest BCUT2D eigenvalue weighted by atomic mass is 35.5. The van der Waals surface area contributed by atoms with E-state index in [2.05, 4.69) is 0 Å². The van der Waals surface area contributed by atoms with Gasteiger partial charge < -0.3 is 10.8 Å². The van der Waals surface area contributed by atoms with E-state index in [1.54, 1.807) is 12.1 Å². The number of nitrogens with two attached hydrogens (primary N) is 1. The Morgan fingerprint density at radius 1 is 1.17 bits per heavy atom. The Morgan fingerprint density at radius 2 is 1.83 bits per heavy atom. The molecule has 1 aliphatic rings. The molecule has 0 amide bonds. The van der Waals surface area contributed by atoms with Gasteiger partial charge >= 0.3 is 0 Å². The van der Waals surface area contributed by atoms with Crippen molar-refractivity contribution in [3.63, 3.8) is 0 Å². The monoisotopic (exact) mass is 287 g/mol. The van der Waals surface area contributed by atoms with Crippen molar-refractivity contribution in [1.29, 1.82) is 0 Å². The van der Waals surface area contributed by atoms with E-state index in [1.165, 1.54) is 6.42 Å². The van der Waals surface area contributed by atoms with Crippen molar-refractivity contribution >= 4 is 23.2 Å². The Labute approximate surface area is 118 Å². The van der Waals surface area contributed by atoms with Crippen LogP contribution in [0, 0.1) is 5.41 Å². The van der Waals surface area contributed by atoms with Gasteiger partial charge in [-0.1, -0.05) is 48.5 Å². The van der Waals surface area contributed by atoms with E-state index in [4.69, 9.17) is 28.9 Å². The third-order valence-corrected chi connectivity index (χ3v) is 4.83. The number of benzene rings is 1. The second kappa shape index (κ2) is 5.79. The maximum atomic E-state index is 10.6. The summed E-state index contributed by atoms with van der Waals surface area (Å²) in [5.41, 5.74) is 6.54. The first-order valence-corrected chi connectivity index (χ1v) is 7.18. The van der Waals surface area contributed by atoms with Gasteiger partial charge in [0.2, 0.25) is 0 Å². The van der Waals surface area contributed by atoms with Crippen LogP contribution < -0.4 is 5.73 Å². The number of aliphatic hydroxyl groups is 1. The second-order valence-corrected chi connectivity index (χ2v) is 6.02. The van der Waals surface area contributed by atoms with Crippen LogP contribution in [0.1, 0.15) is 43.8 Å². The lowest BCUT2D eigenvalue weighted by atomic mass is 9.68. The molecule has 0 saturated heterocycles. The van der Waals surface area contributed by atoms with E-state index in [-0.39, 0.29) is 5.41 Å². The molecule has 0 heterocycles. The molecule has 0 aliphatic heterocycles. The lowest BCUT2D eigenvalue weighted by Gasteiger charge is -2.40. The van der Waals surface area contributed by atoms with Gasteiger partial charge in [-0.05, 0) is 30.5 Å². The number of hydrogen-bond donors (Lipinski definition) is 2. The van der Waals surface area contributed by atoms with Gasteiger partial charge in [-0.3, -0.25) is 0 Å². The summed E-state index contributed by atoms with van der Waals surface area (Å²) in [6, 6.07) is 5.32. The highest BCUT2D eigenvalue weighted by Crippen LogP contribution is 2.45. The van der Waals surface area contributed by atoms with Gasteiger partial charge in [-0.2, -0.15) is 0 Å². The summed E-state index contributed by atoms with van der Waals surface area (Å²) in [6.07, 6.45) is 4.90. The van der Waals surface area contributed by atoms with Gasteiger partial charge in [-0.25, -0.2) is 0 Å². The van der Waals surface area contributed by atoms with Crippen molar-refractivity contribution in [1.82, 2.24) is 0 Å². The van der Waals surface area contributed by atoms with Crippen LogP contribution in [-0.4, -0.2) is 11.7 Å². The second-order valence-electron chi connectivity index (χ2n) is 5.20. The highest BCUT2D eigenvalue weighted by Gasteiger charge is 2.38. The van der Waals surface area contributed by atoms with Crippen LogP contribution in [0.15, 0.2) is 18.2 Å². The van der Waals surface area contributed by atoms with Crippen LogP contribution in [0.25, 0.3) is 0 Å². The summed E-state index contributed by atoms with van der Waals surface area (Å²) >= 11 is 11.9. The summed E-state index contributed by atoms with van der Waals surface area (Å²) < 4.78 is 0. The Balaban J connectivity index is 2.27. The smallest absolute Gasteiger partial charge is 0.0858 e. The molecular weight excluding hydrogens is 269 g/mol. The molecule has 1 aliphatic carbocycles. The average Bonchev–Trinajstić information content (AvgIpc) is 2.42. The van der Waals surface area contributed by atoms with Gasteiger partial charge in [0, 0.05) is 12.0 Å². The van der Waals surface area contributed by atoms with Crippen LogP contribution in [0.2, 0.25) is 10.0 Å². The lowest BCUT2D eigenvalue weighted by Crippen LogP contribution is -2.38. The van der Waals surface area contributed by atoms with Crippen LogP contribution in [0.4, 0.5) is 0 Å². The predicted molar refractivity (Wildman–Crippen MR) is 76.0 cm³/mol. The molecule has 1 aromatic rings. The van der Waals surface area contributed by atoms with Gasteiger partial charge in [0.15, 0.2) is 0 Å². The van der Waals surface area contributed by atoms with Crippen LogP contribution in [-0.2, 0) is 0 Å². The van der Waals surface area contributed by atoms with E-state index >= 15 is 0 Å². The Bertz CT molecular complexity index is 416. The Hall–Kier alpha value is -0.280. The zero-order chi connectivity index (χ0) is 13.2. The first kappa shape index (κ1) is 14.1. The fraction of sp³-hybridized carbons (Fsp3) is 0.571. The summed E-state index contributed by atoms with van der Waals surface area (Å²) in [4.78, 5) is 0. The van der Waals surface area contributed by atoms with Gasteiger partial charge in [0.05, 0.1) is 16.1 Å². The quantitative estimate of drug-likeness (QED) is 0.885. The number of rotatable bonds is 3. The van der Waals surface area contributed by atoms with E-state index in [0.29, 0.717) is 16.6 Å². The van der Waals surface area contributed by atoms with E-state index in [9.17, 15) is 5.11 Å². The minimum Gasteiger partial charge on any atom is -0.388 e. The molecular formula is C14H19Cl2NO. The fourth-order valence-corrected chi connectivity index (χ4v) is 3.19. The summed E-state index contributed by atoms with van der Waals surface area (Å²) in [6.45, 7) is 0.508. The van der Waals surface area contributed by atoms with Crippen LogP contribution in [0.3, 0.4) is 0 Å². The summed E-state index contributed by atoms with van der Waals surface area (Å²) in [7, 11) is 0. The molecule has 0 radical (unpaired) electrons. The molecule has 1 saturated carbocycles. The molecule has 1 aromatic carbocycles. The molecule has 2 nitrogen and oxygen atoms in total. The average molecular weight is 288 g/mol. The molecule has 0 spiro atoms. The van der Waals surface area contributed by atoms with Crippen LogP contribution in [0.5, 0.6) is 0 Å². The topological polar surface area (TPSA) is 46.2 Å². The largest absolute Gasteiger partial charge is 0.388 e. The molecule has 1 fully saturated rings. The minimum atomic E-state index is -0.558. The predicted octanol–water partition coefficient (Wildman–Crippen LogP) is 3.94. The molecule has 0 aromatic heterocycles. The standard InChI is InChI=1S/C14H19Cl2NO/c15-11-5-4-10(8-12(11)16)13(18)14(9-17)6-2-1-3-7-14/h4-5,8,13,18H,1-3,6-7,9,17H2. The summed E-state index contributed by atoms with van der Waals surface area (Å²) in [5.74, 6) is 0. The van der Waals surface area contributed by atoms with E-state index in [0.717, 1.165) is 31.2 Å². The van der Waals surface area contributed by atoms with Crippen molar-refractivity contribution in [2.45, 2.75) is 38.2 Å². The molecule has 100 valence electrons. The summed E-state index contributed by atoms with van der Waals surface area (Å²) in [5, 5.41) is 11.6. The third-order valence-electron chi connectivity index (χ3n) is 4.10. The van der Waals surface area contributed by atoms with E-state index < -0.39 is 6.10 Å². The maximum Gasteiger partial charge on any atom is 0.0858 e. The molecule has 2 rings (SSSR count). The van der Waals surface area contributed by atoms with Gasteiger partial charge in [-0.15, -0.1) is 0 Å². The zero-order valence-electron chi connectivity index (χ0n) is 10.3. The minimum absolute atomic E-state index is 0.199. The molecule has 0 bridgehead atoms. The molecule has 18 heavy (non-hydrogen) atoms. The first-order chi connectivity index (χ1) is 8.59. The first-order valence-electron chi connectivity index (χ1n) is 6.42. The molecule has 3 N–H and O–H groups in total. The maximum absolute atomic E-state index is 10.6. The molecule has 1 atom stereocenters. The molecule has 4 heteroatoms. The SMILES string of the molecule is NCC1(C(O)c2ccc(Cl)c(Cl)c2)CCCCC1.